The first-order valence-corrected chi connectivity index (χ1v) is 6.32. The van der Waals surface area contributed by atoms with Crippen molar-refractivity contribution < 1.29 is 5.21 Å². The van der Waals surface area contributed by atoms with E-state index in [1.54, 1.807) is 18.5 Å². The highest BCUT2D eigenvalue weighted by molar-refractivity contribution is 5.95. The van der Waals surface area contributed by atoms with Gasteiger partial charge in [-0.15, -0.1) is 0 Å². The molecule has 0 aliphatic carbocycles. The van der Waals surface area contributed by atoms with Crippen molar-refractivity contribution in [2.24, 2.45) is 10.9 Å². The Hall–Kier alpha value is -2.47. The third-order valence-electron chi connectivity index (χ3n) is 2.84. The van der Waals surface area contributed by atoms with Gasteiger partial charge in [-0.2, -0.15) is 0 Å². The van der Waals surface area contributed by atoms with Crippen LogP contribution in [0.2, 0.25) is 0 Å². The lowest BCUT2D eigenvalue weighted by molar-refractivity contribution is 0.318. The van der Waals surface area contributed by atoms with Crippen LogP contribution in [0.25, 0.3) is 0 Å². The van der Waals surface area contributed by atoms with Crippen LogP contribution in [0.5, 0.6) is 0 Å². The summed E-state index contributed by atoms with van der Waals surface area (Å²) >= 11 is 0. The molecule has 0 aliphatic heterocycles. The van der Waals surface area contributed by atoms with Crippen molar-refractivity contribution in [2.45, 2.75) is 13.0 Å². The third kappa shape index (κ3) is 4.03. The van der Waals surface area contributed by atoms with Gasteiger partial charge in [0.15, 0.2) is 5.84 Å². The van der Waals surface area contributed by atoms with Gasteiger partial charge in [-0.25, -0.2) is 0 Å². The van der Waals surface area contributed by atoms with Gasteiger partial charge >= 0.3 is 0 Å². The second kappa shape index (κ2) is 7.20. The predicted molar refractivity (Wildman–Crippen MR) is 76.4 cm³/mol. The zero-order valence-electron chi connectivity index (χ0n) is 11.0. The second-order valence-corrected chi connectivity index (χ2v) is 4.32. The Bertz CT molecular complexity index is 571. The smallest absolute Gasteiger partial charge is 0.188 e. The number of aromatic nitrogens is 2. The Labute approximate surface area is 117 Å². The zero-order chi connectivity index (χ0) is 14.2. The summed E-state index contributed by atoms with van der Waals surface area (Å²) in [5.74, 6) is 0.0159. The SMILES string of the molecule is NC(=NO)c1cc(CNCCc2cccnc2)ccn1. The molecule has 0 saturated heterocycles. The van der Waals surface area contributed by atoms with Crippen LogP contribution in [0.1, 0.15) is 16.8 Å². The fourth-order valence-electron chi connectivity index (χ4n) is 1.79. The molecule has 0 aliphatic rings. The van der Waals surface area contributed by atoms with Crippen LogP contribution in [-0.4, -0.2) is 27.6 Å². The fraction of sp³-hybridized carbons (Fsp3) is 0.214. The summed E-state index contributed by atoms with van der Waals surface area (Å²) in [5.41, 5.74) is 8.21. The maximum Gasteiger partial charge on any atom is 0.188 e. The van der Waals surface area contributed by atoms with Crippen molar-refractivity contribution in [3.05, 3.63) is 59.7 Å². The van der Waals surface area contributed by atoms with E-state index < -0.39 is 0 Å². The van der Waals surface area contributed by atoms with Gasteiger partial charge in [0.05, 0.1) is 0 Å². The summed E-state index contributed by atoms with van der Waals surface area (Å²) in [7, 11) is 0. The van der Waals surface area contributed by atoms with Crippen molar-refractivity contribution in [3.63, 3.8) is 0 Å². The van der Waals surface area contributed by atoms with Crippen molar-refractivity contribution >= 4 is 5.84 Å². The van der Waals surface area contributed by atoms with Gasteiger partial charge in [0.2, 0.25) is 0 Å². The largest absolute Gasteiger partial charge is 0.409 e. The van der Waals surface area contributed by atoms with Crippen LogP contribution < -0.4 is 11.1 Å². The minimum Gasteiger partial charge on any atom is -0.409 e. The Kier molecular flexibility index (Phi) is 5.02. The predicted octanol–water partition coefficient (Wildman–Crippen LogP) is 0.903. The molecule has 20 heavy (non-hydrogen) atoms. The van der Waals surface area contributed by atoms with Gasteiger partial charge in [-0.3, -0.25) is 9.97 Å². The van der Waals surface area contributed by atoms with Crippen molar-refractivity contribution in [1.82, 2.24) is 15.3 Å². The zero-order valence-corrected chi connectivity index (χ0v) is 11.0. The lowest BCUT2D eigenvalue weighted by Gasteiger charge is -2.06. The summed E-state index contributed by atoms with van der Waals surface area (Å²) in [4.78, 5) is 8.11. The lowest BCUT2D eigenvalue weighted by Crippen LogP contribution is -2.19. The molecule has 0 amide bonds. The van der Waals surface area contributed by atoms with E-state index >= 15 is 0 Å². The minimum atomic E-state index is 0.0159. The van der Waals surface area contributed by atoms with Crippen LogP contribution >= 0.6 is 0 Å². The molecule has 2 heterocycles. The quantitative estimate of drug-likeness (QED) is 0.238. The van der Waals surface area contributed by atoms with Gasteiger partial charge in [-0.1, -0.05) is 11.2 Å². The first-order chi connectivity index (χ1) is 9.79. The molecule has 0 atom stereocenters. The normalized spacial score (nSPS) is 11.5. The molecule has 104 valence electrons. The average Bonchev–Trinajstić information content (AvgIpc) is 2.52. The summed E-state index contributed by atoms with van der Waals surface area (Å²) in [6, 6.07) is 7.68. The van der Waals surface area contributed by atoms with Crippen LogP contribution in [0.4, 0.5) is 0 Å². The highest BCUT2D eigenvalue weighted by atomic mass is 16.4. The van der Waals surface area contributed by atoms with Crippen LogP contribution in [0.15, 0.2) is 48.0 Å². The molecule has 0 radical (unpaired) electrons. The maximum absolute atomic E-state index is 8.62. The number of nitrogens with zero attached hydrogens (tertiary/aromatic N) is 3. The number of hydrogen-bond donors (Lipinski definition) is 3. The van der Waals surface area contributed by atoms with E-state index in [2.05, 4.69) is 26.5 Å². The molecule has 6 nitrogen and oxygen atoms in total. The van der Waals surface area contributed by atoms with E-state index in [4.69, 9.17) is 10.9 Å². The molecule has 0 unspecified atom stereocenters. The number of oxime groups is 1. The summed E-state index contributed by atoms with van der Waals surface area (Å²) in [5, 5.41) is 14.9. The number of nitrogens with two attached hydrogens (primary N) is 1. The summed E-state index contributed by atoms with van der Waals surface area (Å²) in [6.45, 7) is 1.56. The molecule has 2 rings (SSSR count). The second-order valence-electron chi connectivity index (χ2n) is 4.32. The minimum absolute atomic E-state index is 0.0159. The highest BCUT2D eigenvalue weighted by Gasteiger charge is 2.02. The Morgan fingerprint density at radius 2 is 2.20 bits per heavy atom. The molecular formula is C14H17N5O. The number of nitrogens with one attached hydrogen (secondary N) is 1. The molecule has 0 bridgehead atoms. The van der Waals surface area contributed by atoms with E-state index in [1.807, 2.05) is 18.3 Å². The van der Waals surface area contributed by atoms with Gasteiger partial charge in [0.1, 0.15) is 5.69 Å². The van der Waals surface area contributed by atoms with Crippen LogP contribution in [-0.2, 0) is 13.0 Å². The first-order valence-electron chi connectivity index (χ1n) is 6.32. The average molecular weight is 271 g/mol. The molecule has 2 aromatic heterocycles. The molecule has 0 aromatic carbocycles. The Balaban J connectivity index is 1.82. The van der Waals surface area contributed by atoms with E-state index in [-0.39, 0.29) is 5.84 Å². The number of rotatable bonds is 6. The molecule has 0 fully saturated rings. The molecule has 4 N–H and O–H groups in total. The first kappa shape index (κ1) is 14.0. The van der Waals surface area contributed by atoms with Gasteiger partial charge in [0, 0.05) is 25.1 Å². The topological polar surface area (TPSA) is 96.4 Å². The highest BCUT2D eigenvalue weighted by Crippen LogP contribution is 2.02. The van der Waals surface area contributed by atoms with E-state index in [0.29, 0.717) is 12.2 Å². The van der Waals surface area contributed by atoms with Crippen molar-refractivity contribution in [2.75, 3.05) is 6.54 Å². The standard InChI is InChI=1S/C14H17N5O/c15-14(19-20)13-8-12(4-7-18-13)10-17-6-3-11-2-1-5-16-9-11/h1-2,4-5,7-9,17,20H,3,6,10H2,(H2,15,19). The molecule has 6 heteroatoms. The number of hydrogen-bond acceptors (Lipinski definition) is 5. The lowest BCUT2D eigenvalue weighted by atomic mass is 10.2. The van der Waals surface area contributed by atoms with Gasteiger partial charge in [-0.05, 0) is 42.3 Å². The van der Waals surface area contributed by atoms with E-state index in [9.17, 15) is 0 Å². The molecular weight excluding hydrogens is 254 g/mol. The van der Waals surface area contributed by atoms with E-state index in [0.717, 1.165) is 18.5 Å². The Morgan fingerprint density at radius 3 is 2.95 bits per heavy atom. The summed E-state index contributed by atoms with van der Waals surface area (Å²) in [6.07, 6.45) is 6.20. The molecule has 2 aromatic rings. The summed E-state index contributed by atoms with van der Waals surface area (Å²) < 4.78 is 0. The Morgan fingerprint density at radius 1 is 1.30 bits per heavy atom. The number of amidine groups is 1. The maximum atomic E-state index is 8.62. The number of pyridine rings is 2. The van der Waals surface area contributed by atoms with Crippen molar-refractivity contribution in [1.29, 1.82) is 0 Å². The van der Waals surface area contributed by atoms with Crippen LogP contribution in [0.3, 0.4) is 0 Å². The third-order valence-corrected chi connectivity index (χ3v) is 2.84. The van der Waals surface area contributed by atoms with Gasteiger partial charge in [0.25, 0.3) is 0 Å². The van der Waals surface area contributed by atoms with Crippen molar-refractivity contribution in [3.8, 4) is 0 Å². The van der Waals surface area contributed by atoms with Gasteiger partial charge < -0.3 is 16.3 Å². The fourth-order valence-corrected chi connectivity index (χ4v) is 1.79. The monoisotopic (exact) mass is 271 g/mol. The van der Waals surface area contributed by atoms with Crippen LogP contribution in [0, 0.1) is 0 Å². The van der Waals surface area contributed by atoms with E-state index in [1.165, 1.54) is 5.56 Å². The molecule has 0 spiro atoms. The molecule has 0 saturated carbocycles.